The van der Waals surface area contributed by atoms with Crippen LogP contribution in [0.3, 0.4) is 0 Å². The highest BCUT2D eigenvalue weighted by atomic mass is 19.1. The SMILES string of the molecule is N#CC(C#N)=c1nc(-c2cc(F)cc(F)c2)/c(=c2\oc(=C(C#N)C#N)nc2-c2cc(F)cc(F)c2)o1. The topological polar surface area (TPSA) is 147 Å². The minimum atomic E-state index is -1.000. The molecule has 2 aromatic heterocycles. The normalized spacial score (nSPS) is 11.1. The van der Waals surface area contributed by atoms with Crippen LogP contribution in [0.25, 0.3) is 33.7 Å². The van der Waals surface area contributed by atoms with Crippen LogP contribution >= 0.6 is 0 Å². The first-order valence-corrected chi connectivity index (χ1v) is 9.58. The lowest BCUT2D eigenvalue weighted by molar-refractivity contribution is 0.441. The van der Waals surface area contributed by atoms with Crippen LogP contribution in [0.5, 0.6) is 0 Å². The maximum atomic E-state index is 14.0. The van der Waals surface area contributed by atoms with E-state index in [2.05, 4.69) is 9.97 Å². The maximum absolute atomic E-state index is 14.0. The van der Waals surface area contributed by atoms with Crippen molar-refractivity contribution in [3.63, 3.8) is 0 Å². The van der Waals surface area contributed by atoms with Gasteiger partial charge in [-0.15, -0.1) is 0 Å². The van der Waals surface area contributed by atoms with Gasteiger partial charge in [-0.3, -0.25) is 0 Å². The third-order valence-corrected chi connectivity index (χ3v) is 4.61. The summed E-state index contributed by atoms with van der Waals surface area (Å²) in [6.07, 6.45) is 0. The first-order valence-electron chi connectivity index (χ1n) is 9.58. The predicted octanol–water partition coefficient (Wildman–Crippen LogP) is 3.24. The zero-order valence-electron chi connectivity index (χ0n) is 17.5. The van der Waals surface area contributed by atoms with Crippen molar-refractivity contribution in [2.45, 2.75) is 0 Å². The molecule has 12 heteroatoms. The van der Waals surface area contributed by atoms with Crippen molar-refractivity contribution in [1.29, 1.82) is 21.0 Å². The van der Waals surface area contributed by atoms with E-state index in [1.807, 2.05) is 0 Å². The lowest BCUT2D eigenvalue weighted by Gasteiger charge is -1.99. The van der Waals surface area contributed by atoms with E-state index in [-0.39, 0.29) is 22.5 Å². The number of rotatable bonds is 2. The van der Waals surface area contributed by atoms with E-state index in [0.717, 1.165) is 24.3 Å². The molecule has 4 aromatic rings. The van der Waals surface area contributed by atoms with Crippen molar-refractivity contribution in [2.75, 3.05) is 0 Å². The summed E-state index contributed by atoms with van der Waals surface area (Å²) >= 11 is 0. The van der Waals surface area contributed by atoms with Crippen LogP contribution in [0.15, 0.2) is 45.2 Å². The van der Waals surface area contributed by atoms with Crippen LogP contribution in [0, 0.1) is 79.4 Å². The van der Waals surface area contributed by atoms with Crippen molar-refractivity contribution < 1.29 is 26.4 Å². The third kappa shape index (κ3) is 4.26. The van der Waals surface area contributed by atoms with Crippen LogP contribution in [-0.4, -0.2) is 9.97 Å². The third-order valence-electron chi connectivity index (χ3n) is 4.61. The molecule has 4 rings (SSSR count). The molecule has 0 spiro atoms. The molecule has 0 bridgehead atoms. The van der Waals surface area contributed by atoms with Gasteiger partial charge < -0.3 is 8.83 Å². The summed E-state index contributed by atoms with van der Waals surface area (Å²) in [5.41, 5.74) is -4.35. The molecular weight excluding hydrogens is 480 g/mol. The van der Waals surface area contributed by atoms with Gasteiger partial charge in [-0.05, 0) is 24.3 Å². The number of hydrogen-bond acceptors (Lipinski definition) is 8. The average Bonchev–Trinajstić information content (AvgIpc) is 3.45. The van der Waals surface area contributed by atoms with Crippen LogP contribution < -0.4 is 11.1 Å². The Balaban J connectivity index is 2.33. The molecule has 0 atom stereocenters. The van der Waals surface area contributed by atoms with Gasteiger partial charge in [0.1, 0.15) is 58.9 Å². The fourth-order valence-corrected chi connectivity index (χ4v) is 3.18. The van der Waals surface area contributed by atoms with Gasteiger partial charge in [-0.2, -0.15) is 21.0 Å². The lowest BCUT2D eigenvalue weighted by atomic mass is 10.1. The fourth-order valence-electron chi connectivity index (χ4n) is 3.18. The van der Waals surface area contributed by atoms with Crippen molar-refractivity contribution in [2.24, 2.45) is 0 Å². The highest BCUT2D eigenvalue weighted by molar-refractivity contribution is 5.72. The molecule has 0 saturated heterocycles. The number of halogens is 4. The second kappa shape index (κ2) is 9.26. The first kappa shape index (κ1) is 23.4. The molecule has 36 heavy (non-hydrogen) atoms. The van der Waals surface area contributed by atoms with E-state index in [9.17, 15) is 38.6 Å². The summed E-state index contributed by atoms with van der Waals surface area (Å²) in [5, 5.41) is 36.9. The van der Waals surface area contributed by atoms with Crippen molar-refractivity contribution in [3.05, 3.63) is 81.6 Å². The Morgan fingerprint density at radius 1 is 0.556 bits per heavy atom. The van der Waals surface area contributed by atoms with Crippen LogP contribution in [0.2, 0.25) is 0 Å². The molecule has 0 aliphatic heterocycles. The van der Waals surface area contributed by atoms with Gasteiger partial charge >= 0.3 is 0 Å². The number of oxazole rings is 2. The molecule has 0 fully saturated rings. The lowest BCUT2D eigenvalue weighted by Crippen LogP contribution is -2.04. The predicted molar refractivity (Wildman–Crippen MR) is 110 cm³/mol. The van der Waals surface area contributed by atoms with E-state index < -0.39 is 56.3 Å². The monoisotopic (exact) mass is 486 g/mol. The fraction of sp³-hybridized carbons (Fsp3) is 0. The summed E-state index contributed by atoms with van der Waals surface area (Å²) < 4.78 is 67.0. The van der Waals surface area contributed by atoms with Crippen molar-refractivity contribution in [1.82, 2.24) is 9.97 Å². The number of hydrogen-bond donors (Lipinski definition) is 0. The second-order valence-corrected chi connectivity index (χ2v) is 6.91. The van der Waals surface area contributed by atoms with E-state index in [4.69, 9.17) is 8.83 Å². The van der Waals surface area contributed by atoms with Gasteiger partial charge in [-0.25, -0.2) is 27.5 Å². The summed E-state index contributed by atoms with van der Waals surface area (Å²) in [7, 11) is 0. The summed E-state index contributed by atoms with van der Waals surface area (Å²) in [6, 6.07) is 10.9. The molecule has 0 amide bonds. The number of nitriles is 4. The summed E-state index contributed by atoms with van der Waals surface area (Å²) in [4.78, 5) is 7.98. The molecule has 8 nitrogen and oxygen atoms in total. The van der Waals surface area contributed by atoms with E-state index in [1.165, 1.54) is 0 Å². The number of aromatic nitrogens is 2. The van der Waals surface area contributed by atoms with Gasteiger partial charge in [0.2, 0.25) is 21.9 Å². The molecular formula is C24H6F4N6O2. The molecule has 0 unspecified atom stereocenters. The molecule has 0 aliphatic rings. The number of benzene rings is 2. The smallest absolute Gasteiger partial charge is 0.249 e. The molecule has 0 N–H and O–H groups in total. The quantitative estimate of drug-likeness (QED) is 0.392. The Hall–Kier alpha value is -5.72. The van der Waals surface area contributed by atoms with E-state index in [1.54, 1.807) is 24.3 Å². The van der Waals surface area contributed by atoms with Gasteiger partial charge in [0.25, 0.3) is 0 Å². The Morgan fingerprint density at radius 2 is 0.861 bits per heavy atom. The van der Waals surface area contributed by atoms with Gasteiger partial charge in [0, 0.05) is 23.3 Å². The molecule has 0 aliphatic carbocycles. The zero-order valence-corrected chi connectivity index (χ0v) is 17.5. The molecule has 172 valence electrons. The minimum Gasteiger partial charge on any atom is -0.431 e. The maximum Gasteiger partial charge on any atom is 0.249 e. The van der Waals surface area contributed by atoms with Crippen LogP contribution in [-0.2, 0) is 0 Å². The Kier molecular flexibility index (Phi) is 6.03. The average molecular weight is 486 g/mol. The molecule has 2 aromatic carbocycles. The van der Waals surface area contributed by atoms with Crippen molar-refractivity contribution >= 4 is 11.1 Å². The minimum absolute atomic E-state index is 0.216. The van der Waals surface area contributed by atoms with Crippen molar-refractivity contribution in [3.8, 4) is 46.8 Å². The van der Waals surface area contributed by atoms with Gasteiger partial charge in [0.05, 0.1) is 0 Å². The van der Waals surface area contributed by atoms with Crippen LogP contribution in [0.4, 0.5) is 17.6 Å². The first-order chi connectivity index (χ1) is 17.3. The Morgan fingerprint density at radius 3 is 1.14 bits per heavy atom. The summed E-state index contributed by atoms with van der Waals surface area (Å²) in [5.74, 6) is -4.00. The van der Waals surface area contributed by atoms with Gasteiger partial charge in [-0.1, -0.05) is 0 Å². The standard InChI is InChI=1S/C24H6F4N6O2/c25-15-1-11(2-16(26)5-15)19-21(35-23(33-19)13(7-29)8-30)22-20(12-3-17(27)6-18(28)4-12)34-24(36-22)14(9-31)10-32/h1-6H/b22-21+. The highest BCUT2D eigenvalue weighted by Crippen LogP contribution is 2.25. The largest absolute Gasteiger partial charge is 0.431 e. The Bertz CT molecular complexity index is 1740. The number of nitrogens with zero attached hydrogens (tertiary/aromatic N) is 6. The van der Waals surface area contributed by atoms with Crippen LogP contribution in [0.1, 0.15) is 0 Å². The van der Waals surface area contributed by atoms with E-state index >= 15 is 0 Å². The highest BCUT2D eigenvalue weighted by Gasteiger charge is 2.19. The zero-order chi connectivity index (χ0) is 26.0. The van der Waals surface area contributed by atoms with Gasteiger partial charge in [0.15, 0.2) is 11.1 Å². The summed E-state index contributed by atoms with van der Waals surface area (Å²) in [6.45, 7) is 0. The Labute approximate surface area is 197 Å². The second-order valence-electron chi connectivity index (χ2n) is 6.91. The van der Waals surface area contributed by atoms with E-state index in [0.29, 0.717) is 12.1 Å². The molecule has 0 saturated carbocycles. The molecule has 0 radical (unpaired) electrons. The molecule has 2 heterocycles.